The number of anilines is 1. The third kappa shape index (κ3) is 5.73. The molecule has 0 atom stereocenters. The Balaban J connectivity index is 1.78. The van der Waals surface area contributed by atoms with Gasteiger partial charge in [-0.1, -0.05) is 35.4 Å². The summed E-state index contributed by atoms with van der Waals surface area (Å²) >= 11 is 0. The van der Waals surface area contributed by atoms with Crippen LogP contribution in [-0.4, -0.2) is 37.0 Å². The molecule has 3 aromatic rings. The zero-order chi connectivity index (χ0) is 22.4. The molecule has 1 amide bonds. The molecule has 8 heteroatoms. The van der Waals surface area contributed by atoms with Crippen molar-refractivity contribution in [3.8, 4) is 0 Å². The first-order chi connectivity index (χ1) is 14.8. The maximum Gasteiger partial charge on any atom is 0.264 e. The predicted molar refractivity (Wildman–Crippen MR) is 121 cm³/mol. The Morgan fingerprint density at radius 3 is 2.42 bits per heavy atom. The molecule has 0 unspecified atom stereocenters. The number of sulfonamides is 1. The van der Waals surface area contributed by atoms with Gasteiger partial charge in [0, 0.05) is 25.5 Å². The van der Waals surface area contributed by atoms with Gasteiger partial charge < -0.3 is 9.88 Å². The van der Waals surface area contributed by atoms with Gasteiger partial charge in [-0.05, 0) is 51.0 Å². The minimum atomic E-state index is -3.91. The lowest BCUT2D eigenvalue weighted by molar-refractivity contribution is -0.119. The summed E-state index contributed by atoms with van der Waals surface area (Å²) in [5.74, 6) is -0.346. The van der Waals surface area contributed by atoms with Gasteiger partial charge in [0.05, 0.1) is 16.9 Å². The van der Waals surface area contributed by atoms with Crippen LogP contribution in [0.1, 0.15) is 23.1 Å². The largest absolute Gasteiger partial charge is 0.354 e. The van der Waals surface area contributed by atoms with Crippen molar-refractivity contribution in [2.45, 2.75) is 38.6 Å². The molecule has 0 aliphatic heterocycles. The molecule has 0 saturated heterocycles. The zero-order valence-corrected chi connectivity index (χ0v) is 18.9. The van der Waals surface area contributed by atoms with E-state index in [0.717, 1.165) is 29.7 Å². The fraction of sp³-hybridized carbons (Fsp3) is 0.304. The quantitative estimate of drug-likeness (QED) is 0.518. The van der Waals surface area contributed by atoms with Gasteiger partial charge >= 0.3 is 0 Å². The van der Waals surface area contributed by atoms with Gasteiger partial charge in [0.25, 0.3) is 10.0 Å². The maximum absolute atomic E-state index is 13.4. The Hall–Kier alpha value is -3.13. The summed E-state index contributed by atoms with van der Waals surface area (Å²) < 4.78 is 30.0. The maximum atomic E-state index is 13.4. The van der Waals surface area contributed by atoms with Crippen LogP contribution in [0.2, 0.25) is 0 Å². The summed E-state index contributed by atoms with van der Waals surface area (Å²) in [6.07, 6.45) is 6.00. The number of imidazole rings is 1. The van der Waals surface area contributed by atoms with Crippen LogP contribution in [0.25, 0.3) is 0 Å². The third-order valence-electron chi connectivity index (χ3n) is 4.99. The Morgan fingerprint density at radius 1 is 1.06 bits per heavy atom. The molecule has 31 heavy (non-hydrogen) atoms. The molecule has 164 valence electrons. The van der Waals surface area contributed by atoms with Crippen molar-refractivity contribution < 1.29 is 13.2 Å². The first kappa shape index (κ1) is 22.6. The molecule has 2 aromatic carbocycles. The molecule has 1 N–H and O–H groups in total. The van der Waals surface area contributed by atoms with Crippen molar-refractivity contribution >= 4 is 21.6 Å². The lowest BCUT2D eigenvalue weighted by atomic mass is 10.1. The number of amides is 1. The highest BCUT2D eigenvalue weighted by molar-refractivity contribution is 7.92. The van der Waals surface area contributed by atoms with Gasteiger partial charge in [0.2, 0.25) is 5.91 Å². The van der Waals surface area contributed by atoms with E-state index >= 15 is 0 Å². The van der Waals surface area contributed by atoms with Crippen LogP contribution in [0.5, 0.6) is 0 Å². The number of benzene rings is 2. The van der Waals surface area contributed by atoms with E-state index in [1.54, 1.807) is 42.9 Å². The van der Waals surface area contributed by atoms with E-state index in [1.807, 2.05) is 43.7 Å². The van der Waals surface area contributed by atoms with Gasteiger partial charge in [-0.3, -0.25) is 9.10 Å². The van der Waals surface area contributed by atoms with Crippen molar-refractivity contribution in [3.63, 3.8) is 0 Å². The molecule has 1 aromatic heterocycles. The SMILES string of the molecule is Cc1ccc(S(=O)(=O)N(CC(=O)NCCCn2ccnc2)c2ccc(C)cc2C)cc1. The van der Waals surface area contributed by atoms with Crippen LogP contribution in [0.3, 0.4) is 0 Å². The van der Waals surface area contributed by atoms with Crippen molar-refractivity contribution in [1.82, 2.24) is 14.9 Å². The fourth-order valence-electron chi connectivity index (χ4n) is 3.32. The second-order valence-corrected chi connectivity index (χ2v) is 9.48. The van der Waals surface area contributed by atoms with Gasteiger partial charge in [-0.25, -0.2) is 13.4 Å². The van der Waals surface area contributed by atoms with E-state index < -0.39 is 10.0 Å². The smallest absolute Gasteiger partial charge is 0.264 e. The third-order valence-corrected chi connectivity index (χ3v) is 6.77. The first-order valence-corrected chi connectivity index (χ1v) is 11.6. The Kier molecular flexibility index (Phi) is 7.12. The van der Waals surface area contributed by atoms with Gasteiger partial charge in [-0.15, -0.1) is 0 Å². The topological polar surface area (TPSA) is 84.3 Å². The number of rotatable bonds is 9. The molecule has 0 radical (unpaired) electrons. The van der Waals surface area contributed by atoms with E-state index in [0.29, 0.717) is 12.2 Å². The van der Waals surface area contributed by atoms with Gasteiger partial charge in [-0.2, -0.15) is 0 Å². The van der Waals surface area contributed by atoms with E-state index in [2.05, 4.69) is 10.3 Å². The number of nitrogens with zero attached hydrogens (tertiary/aromatic N) is 3. The van der Waals surface area contributed by atoms with Crippen LogP contribution in [0, 0.1) is 20.8 Å². The number of aromatic nitrogens is 2. The Bertz CT molecular complexity index is 1120. The molecule has 0 bridgehead atoms. The van der Waals surface area contributed by atoms with Crippen LogP contribution < -0.4 is 9.62 Å². The molecule has 0 spiro atoms. The fourth-order valence-corrected chi connectivity index (χ4v) is 4.80. The number of aryl methyl sites for hydroxylation is 4. The molecular formula is C23H28N4O3S. The number of nitrogens with one attached hydrogen (secondary N) is 1. The Labute approximate surface area is 183 Å². The lowest BCUT2D eigenvalue weighted by Crippen LogP contribution is -2.41. The molecule has 7 nitrogen and oxygen atoms in total. The summed E-state index contributed by atoms with van der Waals surface area (Å²) in [5.41, 5.74) is 3.29. The normalized spacial score (nSPS) is 11.3. The van der Waals surface area contributed by atoms with Crippen molar-refractivity contribution in [1.29, 1.82) is 0 Å². The van der Waals surface area contributed by atoms with E-state index in [4.69, 9.17) is 0 Å². The number of carbonyl (C=O) groups is 1. The molecule has 0 aliphatic carbocycles. The second kappa shape index (κ2) is 9.78. The summed E-state index contributed by atoms with van der Waals surface area (Å²) in [5, 5.41) is 2.83. The number of hydrogen-bond acceptors (Lipinski definition) is 4. The molecule has 3 rings (SSSR count). The first-order valence-electron chi connectivity index (χ1n) is 10.2. The molecule has 0 fully saturated rings. The van der Waals surface area contributed by atoms with Crippen molar-refractivity contribution in [3.05, 3.63) is 77.9 Å². The zero-order valence-electron chi connectivity index (χ0n) is 18.1. The molecule has 0 saturated carbocycles. The van der Waals surface area contributed by atoms with E-state index in [9.17, 15) is 13.2 Å². The second-order valence-electron chi connectivity index (χ2n) is 7.62. The highest BCUT2D eigenvalue weighted by Crippen LogP contribution is 2.27. The summed E-state index contributed by atoms with van der Waals surface area (Å²) in [7, 11) is -3.91. The van der Waals surface area contributed by atoms with E-state index in [1.165, 1.54) is 4.31 Å². The molecule has 0 aliphatic rings. The highest BCUT2D eigenvalue weighted by atomic mass is 32.2. The van der Waals surface area contributed by atoms with Gasteiger partial charge in [0.1, 0.15) is 6.54 Å². The minimum Gasteiger partial charge on any atom is -0.354 e. The van der Waals surface area contributed by atoms with Crippen LogP contribution >= 0.6 is 0 Å². The standard InChI is InChI=1S/C23H28N4O3S/c1-18-5-8-21(9-6-18)31(29,30)27(22-10-7-19(2)15-20(22)3)16-23(28)25-11-4-13-26-14-12-24-17-26/h5-10,12,14-15,17H,4,11,13,16H2,1-3H3,(H,25,28). The summed E-state index contributed by atoms with van der Waals surface area (Å²) in [6, 6.07) is 12.2. The predicted octanol–water partition coefficient (Wildman–Crippen LogP) is 3.21. The molecular weight excluding hydrogens is 412 g/mol. The number of carbonyl (C=O) groups excluding carboxylic acids is 1. The van der Waals surface area contributed by atoms with Crippen molar-refractivity contribution in [2.24, 2.45) is 0 Å². The van der Waals surface area contributed by atoms with Crippen molar-refractivity contribution in [2.75, 3.05) is 17.4 Å². The minimum absolute atomic E-state index is 0.158. The lowest BCUT2D eigenvalue weighted by Gasteiger charge is -2.26. The monoisotopic (exact) mass is 440 g/mol. The Morgan fingerprint density at radius 2 is 1.77 bits per heavy atom. The van der Waals surface area contributed by atoms with Crippen LogP contribution in [-0.2, 0) is 21.4 Å². The van der Waals surface area contributed by atoms with E-state index in [-0.39, 0.29) is 17.3 Å². The van der Waals surface area contributed by atoms with Crippen LogP contribution in [0.4, 0.5) is 5.69 Å². The van der Waals surface area contributed by atoms with Crippen LogP contribution in [0.15, 0.2) is 66.1 Å². The average Bonchev–Trinajstić information content (AvgIpc) is 3.24. The summed E-state index contributed by atoms with van der Waals surface area (Å²) in [6.45, 7) is 6.58. The molecule has 1 heterocycles. The average molecular weight is 441 g/mol. The summed E-state index contributed by atoms with van der Waals surface area (Å²) in [4.78, 5) is 16.8. The highest BCUT2D eigenvalue weighted by Gasteiger charge is 2.28. The number of hydrogen-bond donors (Lipinski definition) is 1. The van der Waals surface area contributed by atoms with Gasteiger partial charge in [0.15, 0.2) is 0 Å².